The first-order valence-electron chi connectivity index (χ1n) is 9.27. The molecule has 0 saturated heterocycles. The Kier molecular flexibility index (Phi) is 6.52. The number of rotatable bonds is 7. The zero-order chi connectivity index (χ0) is 19.8. The van der Waals surface area contributed by atoms with Crippen LogP contribution in [0.5, 0.6) is 0 Å². The molecule has 0 aliphatic heterocycles. The fourth-order valence-corrected chi connectivity index (χ4v) is 2.86. The third kappa shape index (κ3) is 5.51. The third-order valence-corrected chi connectivity index (χ3v) is 4.39. The van der Waals surface area contributed by atoms with E-state index in [4.69, 9.17) is 0 Å². The van der Waals surface area contributed by atoms with Crippen molar-refractivity contribution in [1.29, 1.82) is 0 Å². The summed E-state index contributed by atoms with van der Waals surface area (Å²) in [7, 11) is 0. The summed E-state index contributed by atoms with van der Waals surface area (Å²) in [5, 5.41) is 5.89. The highest BCUT2D eigenvalue weighted by atomic mass is 16.2. The Morgan fingerprint density at radius 1 is 0.964 bits per heavy atom. The molecule has 142 valence electrons. The van der Waals surface area contributed by atoms with Crippen LogP contribution in [0, 0.1) is 0 Å². The maximum Gasteiger partial charge on any atom is 0.255 e. The summed E-state index contributed by atoms with van der Waals surface area (Å²) < 4.78 is 0. The van der Waals surface area contributed by atoms with E-state index in [0.717, 1.165) is 11.3 Å². The summed E-state index contributed by atoms with van der Waals surface area (Å²) in [6.45, 7) is 1.93. The fraction of sp³-hybridized carbons (Fsp3) is 0.174. The lowest BCUT2D eigenvalue weighted by atomic mass is 10.1. The van der Waals surface area contributed by atoms with Gasteiger partial charge in [0.25, 0.3) is 5.91 Å². The topological polar surface area (TPSA) is 71.1 Å². The highest BCUT2D eigenvalue weighted by Gasteiger charge is 2.12. The summed E-state index contributed by atoms with van der Waals surface area (Å²) >= 11 is 0. The van der Waals surface area contributed by atoms with Crippen LogP contribution in [0.15, 0.2) is 79.0 Å². The standard InChI is InChI=1S/C23H23N3O2/c1-17(25-22(27)14-13-20-11-5-6-15-24-20)19-10-7-12-21(16-19)26-23(28)18-8-3-2-4-9-18/h2-12,15-17H,13-14H2,1H3,(H,25,27)(H,26,28). The van der Waals surface area contributed by atoms with Crippen LogP contribution in [0.4, 0.5) is 5.69 Å². The maximum absolute atomic E-state index is 12.3. The minimum Gasteiger partial charge on any atom is -0.350 e. The molecule has 5 heteroatoms. The smallest absolute Gasteiger partial charge is 0.255 e. The number of benzene rings is 2. The molecule has 0 aliphatic rings. The second kappa shape index (κ2) is 9.46. The Bertz CT molecular complexity index is 927. The largest absolute Gasteiger partial charge is 0.350 e. The summed E-state index contributed by atoms with van der Waals surface area (Å²) in [6.07, 6.45) is 2.71. The minimum atomic E-state index is -0.162. The van der Waals surface area contributed by atoms with Gasteiger partial charge in [-0.3, -0.25) is 14.6 Å². The van der Waals surface area contributed by atoms with Crippen molar-refractivity contribution in [3.8, 4) is 0 Å². The van der Waals surface area contributed by atoms with Crippen LogP contribution in [0.3, 0.4) is 0 Å². The highest BCUT2D eigenvalue weighted by molar-refractivity contribution is 6.04. The molecule has 0 aliphatic carbocycles. The molecule has 28 heavy (non-hydrogen) atoms. The number of nitrogens with zero attached hydrogens (tertiary/aromatic N) is 1. The molecule has 0 radical (unpaired) electrons. The van der Waals surface area contributed by atoms with Gasteiger partial charge >= 0.3 is 0 Å². The average Bonchev–Trinajstić information content (AvgIpc) is 2.74. The molecule has 0 spiro atoms. The Labute approximate surface area is 164 Å². The van der Waals surface area contributed by atoms with Gasteiger partial charge in [0, 0.05) is 29.6 Å². The summed E-state index contributed by atoms with van der Waals surface area (Å²) in [6, 6.07) is 22.1. The van der Waals surface area contributed by atoms with Gasteiger partial charge in [-0.25, -0.2) is 0 Å². The van der Waals surface area contributed by atoms with Crippen molar-refractivity contribution < 1.29 is 9.59 Å². The molecule has 1 heterocycles. The van der Waals surface area contributed by atoms with Crippen LogP contribution >= 0.6 is 0 Å². The van der Waals surface area contributed by atoms with Crippen molar-refractivity contribution in [2.75, 3.05) is 5.32 Å². The van der Waals surface area contributed by atoms with E-state index >= 15 is 0 Å². The van der Waals surface area contributed by atoms with Crippen molar-refractivity contribution in [2.45, 2.75) is 25.8 Å². The molecule has 1 unspecified atom stereocenters. The van der Waals surface area contributed by atoms with Gasteiger partial charge in [0.15, 0.2) is 0 Å². The van der Waals surface area contributed by atoms with Crippen LogP contribution in [-0.2, 0) is 11.2 Å². The molecule has 2 N–H and O–H groups in total. The normalized spacial score (nSPS) is 11.5. The van der Waals surface area contributed by atoms with E-state index in [0.29, 0.717) is 24.1 Å². The third-order valence-electron chi connectivity index (χ3n) is 4.39. The first-order valence-corrected chi connectivity index (χ1v) is 9.27. The molecule has 2 aromatic carbocycles. The summed E-state index contributed by atoms with van der Waals surface area (Å²) in [5.74, 6) is -0.193. The predicted octanol–water partition coefficient (Wildman–Crippen LogP) is 4.14. The van der Waals surface area contributed by atoms with Crippen LogP contribution < -0.4 is 10.6 Å². The molecule has 5 nitrogen and oxygen atoms in total. The molecule has 2 amide bonds. The van der Waals surface area contributed by atoms with Crippen molar-refractivity contribution in [1.82, 2.24) is 10.3 Å². The number of aromatic nitrogens is 1. The van der Waals surface area contributed by atoms with Crippen molar-refractivity contribution in [3.63, 3.8) is 0 Å². The second-order valence-corrected chi connectivity index (χ2v) is 6.56. The van der Waals surface area contributed by atoms with Crippen LogP contribution in [0.1, 0.15) is 41.0 Å². The zero-order valence-corrected chi connectivity index (χ0v) is 15.8. The van der Waals surface area contributed by atoms with Gasteiger partial charge in [0.1, 0.15) is 0 Å². The Morgan fingerprint density at radius 2 is 1.75 bits per heavy atom. The van der Waals surface area contributed by atoms with Gasteiger partial charge in [-0.15, -0.1) is 0 Å². The maximum atomic E-state index is 12.3. The lowest BCUT2D eigenvalue weighted by Gasteiger charge is -2.16. The van der Waals surface area contributed by atoms with Crippen molar-refractivity contribution in [2.24, 2.45) is 0 Å². The predicted molar refractivity (Wildman–Crippen MR) is 110 cm³/mol. The number of aryl methyl sites for hydroxylation is 1. The monoisotopic (exact) mass is 373 g/mol. The number of amides is 2. The van der Waals surface area contributed by atoms with E-state index in [2.05, 4.69) is 15.6 Å². The van der Waals surface area contributed by atoms with Gasteiger partial charge in [-0.2, -0.15) is 0 Å². The molecular formula is C23H23N3O2. The molecule has 0 fully saturated rings. The number of carbonyl (C=O) groups excluding carboxylic acids is 2. The molecular weight excluding hydrogens is 350 g/mol. The van der Waals surface area contributed by atoms with Crippen molar-refractivity contribution >= 4 is 17.5 Å². The van der Waals surface area contributed by atoms with E-state index in [1.807, 2.05) is 67.6 Å². The highest BCUT2D eigenvalue weighted by Crippen LogP contribution is 2.18. The number of pyridine rings is 1. The number of nitrogens with one attached hydrogen (secondary N) is 2. The Balaban J connectivity index is 1.56. The van der Waals surface area contributed by atoms with E-state index in [1.165, 1.54) is 0 Å². The minimum absolute atomic E-state index is 0.0307. The summed E-state index contributed by atoms with van der Waals surface area (Å²) in [5.41, 5.74) is 3.12. The number of anilines is 1. The second-order valence-electron chi connectivity index (χ2n) is 6.56. The van der Waals surface area contributed by atoms with Crippen LogP contribution in [0.25, 0.3) is 0 Å². The van der Waals surface area contributed by atoms with E-state index < -0.39 is 0 Å². The quantitative estimate of drug-likeness (QED) is 0.654. The Morgan fingerprint density at radius 3 is 2.50 bits per heavy atom. The molecule has 3 rings (SSSR count). The molecule has 0 saturated carbocycles. The lowest BCUT2D eigenvalue weighted by Crippen LogP contribution is -2.27. The van der Waals surface area contributed by atoms with E-state index in [9.17, 15) is 9.59 Å². The fourth-order valence-electron chi connectivity index (χ4n) is 2.86. The van der Waals surface area contributed by atoms with Gasteiger partial charge in [0.05, 0.1) is 6.04 Å². The van der Waals surface area contributed by atoms with Crippen LogP contribution in [0.2, 0.25) is 0 Å². The number of hydrogen-bond acceptors (Lipinski definition) is 3. The molecule has 1 aromatic heterocycles. The van der Waals surface area contributed by atoms with Gasteiger partial charge in [0.2, 0.25) is 5.91 Å². The molecule has 0 bridgehead atoms. The van der Waals surface area contributed by atoms with Gasteiger partial charge in [-0.1, -0.05) is 36.4 Å². The number of hydrogen-bond donors (Lipinski definition) is 2. The summed E-state index contributed by atoms with van der Waals surface area (Å²) in [4.78, 5) is 28.8. The van der Waals surface area contributed by atoms with Gasteiger partial charge in [-0.05, 0) is 55.3 Å². The average molecular weight is 373 g/mol. The van der Waals surface area contributed by atoms with Crippen LogP contribution in [-0.4, -0.2) is 16.8 Å². The lowest BCUT2D eigenvalue weighted by molar-refractivity contribution is -0.121. The van der Waals surface area contributed by atoms with Crippen molar-refractivity contribution in [3.05, 3.63) is 95.8 Å². The number of carbonyl (C=O) groups is 2. The van der Waals surface area contributed by atoms with E-state index in [1.54, 1.807) is 18.3 Å². The first-order chi connectivity index (χ1) is 13.6. The van der Waals surface area contributed by atoms with Gasteiger partial charge < -0.3 is 10.6 Å². The molecule has 3 aromatic rings. The zero-order valence-electron chi connectivity index (χ0n) is 15.8. The SMILES string of the molecule is CC(NC(=O)CCc1ccccn1)c1cccc(NC(=O)c2ccccc2)c1. The Hall–Kier alpha value is -3.47. The first kappa shape index (κ1) is 19.3. The molecule has 1 atom stereocenters. The van der Waals surface area contributed by atoms with E-state index in [-0.39, 0.29) is 17.9 Å².